The van der Waals surface area contributed by atoms with Crippen LogP contribution in [-0.4, -0.2) is 49.3 Å². The van der Waals surface area contributed by atoms with Crippen LogP contribution < -0.4 is 15.1 Å². The first-order valence-corrected chi connectivity index (χ1v) is 9.25. The van der Waals surface area contributed by atoms with Gasteiger partial charge in [-0.25, -0.2) is 4.39 Å². The van der Waals surface area contributed by atoms with Crippen molar-refractivity contribution < 1.29 is 18.9 Å². The number of nitrogens with one attached hydrogen (secondary N) is 2. The molecule has 2 saturated heterocycles. The number of piperidine rings is 1. The second-order valence-corrected chi connectivity index (χ2v) is 6.92. The minimum Gasteiger partial charge on any atom is -0.333 e. The zero-order valence-electron chi connectivity index (χ0n) is 14.4. The summed E-state index contributed by atoms with van der Waals surface area (Å²) in [6.45, 7) is 3.79. The van der Waals surface area contributed by atoms with Crippen LogP contribution in [0.5, 0.6) is 0 Å². The zero-order chi connectivity index (χ0) is 18.5. The molecule has 3 rings (SSSR count). The first-order chi connectivity index (χ1) is 12.6. The molecule has 2 aliphatic heterocycles. The summed E-state index contributed by atoms with van der Waals surface area (Å²) in [5.41, 5.74) is 0.414. The van der Waals surface area contributed by atoms with Gasteiger partial charge in [-0.1, -0.05) is 0 Å². The van der Waals surface area contributed by atoms with Crippen molar-refractivity contribution in [1.82, 2.24) is 5.32 Å². The number of aliphatic imine (C=N–C) groups is 1. The highest BCUT2D eigenvalue weighted by Crippen LogP contribution is 2.20. The Hall–Kier alpha value is -2.19. The van der Waals surface area contributed by atoms with Gasteiger partial charge in [0.1, 0.15) is 5.82 Å². The molecule has 138 valence electrons. The van der Waals surface area contributed by atoms with Crippen LogP contribution in [0.3, 0.4) is 0 Å². The van der Waals surface area contributed by atoms with Crippen LogP contribution in [0.25, 0.3) is 0 Å². The van der Waals surface area contributed by atoms with Gasteiger partial charge in [-0.15, -0.1) is 0 Å². The number of quaternary nitrogens is 1. The van der Waals surface area contributed by atoms with Gasteiger partial charge in [-0.05, 0) is 55.7 Å². The molecule has 0 aromatic heterocycles. The van der Waals surface area contributed by atoms with E-state index >= 15 is 0 Å². The highest BCUT2D eigenvalue weighted by Gasteiger charge is 2.38. The lowest BCUT2D eigenvalue weighted by Crippen LogP contribution is -3.13. The average Bonchev–Trinajstić information content (AvgIpc) is 2.63. The zero-order valence-corrected chi connectivity index (χ0v) is 15.2. The summed E-state index contributed by atoms with van der Waals surface area (Å²) < 4.78 is 13.1. The third-order valence-electron chi connectivity index (χ3n) is 4.70. The summed E-state index contributed by atoms with van der Waals surface area (Å²) in [7, 11) is 0. The van der Waals surface area contributed by atoms with Gasteiger partial charge in [0, 0.05) is 6.21 Å². The van der Waals surface area contributed by atoms with Crippen LogP contribution in [0.15, 0.2) is 29.3 Å². The van der Waals surface area contributed by atoms with Crippen molar-refractivity contribution in [3.63, 3.8) is 0 Å². The van der Waals surface area contributed by atoms with E-state index in [0.29, 0.717) is 12.2 Å². The van der Waals surface area contributed by atoms with Gasteiger partial charge in [-0.3, -0.25) is 19.5 Å². The Labute approximate surface area is 157 Å². The van der Waals surface area contributed by atoms with E-state index in [-0.39, 0.29) is 5.11 Å². The van der Waals surface area contributed by atoms with Crippen LogP contribution in [0.2, 0.25) is 0 Å². The summed E-state index contributed by atoms with van der Waals surface area (Å²) in [5, 5.41) is 2.52. The van der Waals surface area contributed by atoms with E-state index in [1.807, 2.05) is 0 Å². The largest absolute Gasteiger partial charge is 0.333 e. The minimum absolute atomic E-state index is 0.00554. The molecule has 6 nitrogen and oxygen atoms in total. The van der Waals surface area contributed by atoms with E-state index in [4.69, 9.17) is 12.2 Å². The predicted octanol–water partition coefficient (Wildman–Crippen LogP) is 0.329. The lowest BCUT2D eigenvalue weighted by Gasteiger charge is -2.30. The van der Waals surface area contributed by atoms with Gasteiger partial charge < -0.3 is 10.2 Å². The number of halogens is 1. The van der Waals surface area contributed by atoms with Gasteiger partial charge in [0.15, 0.2) is 11.0 Å². The summed E-state index contributed by atoms with van der Waals surface area (Å²) in [6, 6.07) is 5.38. The van der Waals surface area contributed by atoms with Crippen molar-refractivity contribution in [2.24, 2.45) is 10.9 Å². The molecular formula is C18H22FN4O2S+. The Morgan fingerprint density at radius 2 is 1.92 bits per heavy atom. The molecule has 1 aromatic carbocycles. The SMILES string of the molecule is O=C1NC(=S)N(c2ccc(F)cc2)C(=O)[C@@H]1C=NCC[NH+]1CCCCC1. The van der Waals surface area contributed by atoms with Gasteiger partial charge in [0.05, 0.1) is 31.9 Å². The van der Waals surface area contributed by atoms with E-state index in [0.717, 1.165) is 19.6 Å². The molecule has 1 aromatic rings. The summed E-state index contributed by atoms with van der Waals surface area (Å²) >= 11 is 5.10. The monoisotopic (exact) mass is 377 g/mol. The highest BCUT2D eigenvalue weighted by molar-refractivity contribution is 7.80. The molecule has 0 aliphatic carbocycles. The summed E-state index contributed by atoms with van der Waals surface area (Å²) in [6.07, 6.45) is 5.18. The maximum Gasteiger partial charge on any atom is 0.251 e. The lowest BCUT2D eigenvalue weighted by atomic mass is 10.1. The van der Waals surface area contributed by atoms with E-state index < -0.39 is 23.5 Å². The number of thiocarbonyl (C=S) groups is 1. The number of amides is 2. The van der Waals surface area contributed by atoms with Gasteiger partial charge in [0.25, 0.3) is 5.91 Å². The van der Waals surface area contributed by atoms with Crippen molar-refractivity contribution in [2.45, 2.75) is 19.3 Å². The quantitative estimate of drug-likeness (QED) is 0.442. The molecule has 2 N–H and O–H groups in total. The topological polar surface area (TPSA) is 66.2 Å². The van der Waals surface area contributed by atoms with Crippen LogP contribution in [0.1, 0.15) is 19.3 Å². The van der Waals surface area contributed by atoms with E-state index in [1.54, 1.807) is 0 Å². The molecular weight excluding hydrogens is 355 g/mol. The Bertz CT molecular complexity index is 716. The molecule has 0 saturated carbocycles. The second-order valence-electron chi connectivity index (χ2n) is 6.54. The number of likely N-dealkylation sites (tertiary alicyclic amines) is 1. The molecule has 26 heavy (non-hydrogen) atoms. The van der Waals surface area contributed by atoms with Crippen LogP contribution in [0, 0.1) is 11.7 Å². The van der Waals surface area contributed by atoms with E-state index in [9.17, 15) is 14.0 Å². The van der Waals surface area contributed by atoms with Crippen LogP contribution in [0.4, 0.5) is 10.1 Å². The Balaban J connectivity index is 1.65. The van der Waals surface area contributed by atoms with Crippen molar-refractivity contribution in [1.29, 1.82) is 0 Å². The fraction of sp³-hybridized carbons (Fsp3) is 0.444. The molecule has 0 unspecified atom stereocenters. The molecule has 2 fully saturated rings. The number of anilines is 1. The second kappa shape index (κ2) is 8.46. The number of carbonyl (C=O) groups is 2. The highest BCUT2D eigenvalue weighted by atomic mass is 32.1. The standard InChI is InChI=1S/C18H21FN4O2S/c19-13-4-6-14(7-5-13)23-17(25)15(16(24)21-18(23)26)12-20-8-11-22-9-2-1-3-10-22/h4-7,12,15H,1-3,8-11H2,(H,21,24,26)/p+1/t15-/m1/s1. The first-order valence-electron chi connectivity index (χ1n) is 8.84. The average molecular weight is 377 g/mol. The molecule has 0 radical (unpaired) electrons. The molecule has 2 amide bonds. The third-order valence-corrected chi connectivity index (χ3v) is 4.98. The molecule has 8 heteroatoms. The number of rotatable bonds is 5. The fourth-order valence-electron chi connectivity index (χ4n) is 3.26. The third kappa shape index (κ3) is 4.31. The molecule has 1 atom stereocenters. The van der Waals surface area contributed by atoms with Crippen LogP contribution in [-0.2, 0) is 9.59 Å². The van der Waals surface area contributed by atoms with Gasteiger partial charge in [0.2, 0.25) is 5.91 Å². The summed E-state index contributed by atoms with van der Waals surface area (Å²) in [4.78, 5) is 31.9. The van der Waals surface area contributed by atoms with Gasteiger partial charge in [-0.2, -0.15) is 0 Å². The lowest BCUT2D eigenvalue weighted by molar-refractivity contribution is -0.903. The predicted molar refractivity (Wildman–Crippen MR) is 101 cm³/mol. The van der Waals surface area contributed by atoms with Crippen LogP contribution >= 0.6 is 12.2 Å². The molecule has 2 heterocycles. The Morgan fingerprint density at radius 1 is 1.23 bits per heavy atom. The molecule has 0 spiro atoms. The van der Waals surface area contributed by atoms with E-state index in [1.165, 1.54) is 59.5 Å². The Kier molecular flexibility index (Phi) is 6.05. The number of hydrogen-bond donors (Lipinski definition) is 2. The maximum atomic E-state index is 13.1. The summed E-state index contributed by atoms with van der Waals surface area (Å²) in [5.74, 6) is -2.39. The molecule has 2 aliphatic rings. The number of carbonyl (C=O) groups excluding carboxylic acids is 2. The van der Waals surface area contributed by atoms with Crippen molar-refractivity contribution in [3.8, 4) is 0 Å². The number of hydrogen-bond acceptors (Lipinski definition) is 4. The van der Waals surface area contributed by atoms with Crippen molar-refractivity contribution in [3.05, 3.63) is 30.1 Å². The van der Waals surface area contributed by atoms with Gasteiger partial charge >= 0.3 is 0 Å². The van der Waals surface area contributed by atoms with Crippen molar-refractivity contribution >= 4 is 41.0 Å². The van der Waals surface area contributed by atoms with E-state index in [2.05, 4.69) is 10.3 Å². The number of benzene rings is 1. The number of nitrogens with zero attached hydrogens (tertiary/aromatic N) is 2. The smallest absolute Gasteiger partial charge is 0.251 e. The first kappa shape index (κ1) is 18.6. The molecule has 0 bridgehead atoms. The van der Waals surface area contributed by atoms with Crippen molar-refractivity contribution in [2.75, 3.05) is 31.1 Å². The fourth-order valence-corrected chi connectivity index (χ4v) is 3.56. The minimum atomic E-state index is -1.02. The Morgan fingerprint density at radius 3 is 2.62 bits per heavy atom. The maximum absolute atomic E-state index is 13.1. The normalized spacial score (nSPS) is 22.1.